The van der Waals surface area contributed by atoms with Crippen molar-refractivity contribution in [3.05, 3.63) is 65.5 Å². The Balaban J connectivity index is 1.31. The van der Waals surface area contributed by atoms with Crippen LogP contribution < -0.4 is 4.74 Å². The van der Waals surface area contributed by atoms with Gasteiger partial charge in [-0.1, -0.05) is 24.3 Å². The molecular formula is C25H30FNO3. The lowest BCUT2D eigenvalue weighted by molar-refractivity contribution is -0.146. The largest absolute Gasteiger partial charge is 0.497 e. The van der Waals surface area contributed by atoms with Crippen LogP contribution >= 0.6 is 0 Å². The molecule has 2 aliphatic heterocycles. The molecule has 0 aromatic heterocycles. The predicted octanol–water partition coefficient (Wildman–Crippen LogP) is 4.41. The van der Waals surface area contributed by atoms with E-state index in [1.165, 1.54) is 17.7 Å². The third-order valence-electron chi connectivity index (χ3n) is 6.55. The second-order valence-electron chi connectivity index (χ2n) is 8.63. The Morgan fingerprint density at radius 3 is 2.63 bits per heavy atom. The van der Waals surface area contributed by atoms with Crippen molar-refractivity contribution in [2.75, 3.05) is 26.8 Å². The van der Waals surface area contributed by atoms with Gasteiger partial charge < -0.3 is 14.4 Å². The van der Waals surface area contributed by atoms with E-state index in [9.17, 15) is 9.18 Å². The molecule has 1 spiro atoms. The number of piperidine rings is 1. The summed E-state index contributed by atoms with van der Waals surface area (Å²) in [5.74, 6) is 1.26. The van der Waals surface area contributed by atoms with E-state index < -0.39 is 0 Å². The Morgan fingerprint density at radius 2 is 1.93 bits per heavy atom. The van der Waals surface area contributed by atoms with Crippen molar-refractivity contribution in [1.29, 1.82) is 0 Å². The molecule has 0 unspecified atom stereocenters. The van der Waals surface area contributed by atoms with Crippen molar-refractivity contribution in [2.45, 2.75) is 44.1 Å². The van der Waals surface area contributed by atoms with Gasteiger partial charge in [0.2, 0.25) is 5.91 Å². The van der Waals surface area contributed by atoms with Crippen LogP contribution in [0.1, 0.15) is 36.8 Å². The Bertz CT molecular complexity index is 859. The maximum Gasteiger partial charge on any atom is 0.226 e. The minimum atomic E-state index is -0.295. The first kappa shape index (κ1) is 20.9. The minimum Gasteiger partial charge on any atom is -0.497 e. The minimum absolute atomic E-state index is 0.0704. The van der Waals surface area contributed by atoms with Gasteiger partial charge >= 0.3 is 0 Å². The van der Waals surface area contributed by atoms with E-state index in [4.69, 9.17) is 9.47 Å². The van der Waals surface area contributed by atoms with Gasteiger partial charge in [0.15, 0.2) is 0 Å². The lowest BCUT2D eigenvalue weighted by atomic mass is 9.77. The molecule has 2 aliphatic rings. The number of likely N-dealkylation sites (tertiary alicyclic amines) is 1. The van der Waals surface area contributed by atoms with Crippen molar-refractivity contribution in [3.63, 3.8) is 0 Å². The first-order valence-corrected chi connectivity index (χ1v) is 10.8. The number of nitrogens with zero attached hydrogens (tertiary/aromatic N) is 1. The maximum atomic E-state index is 13.4. The standard InChI is InChI=1S/C25H30FNO3/c1-29-23-7-5-19(6-8-23)15-21-9-14-30-25(18-21)10-12-27(13-11-25)24(28)17-20-3-2-4-22(26)16-20/h2-8,16,21H,9-15,17-18H2,1H3/t21-/m1/s1. The molecule has 30 heavy (non-hydrogen) atoms. The fraction of sp³-hybridized carbons (Fsp3) is 0.480. The van der Waals surface area contributed by atoms with Crippen LogP contribution in [0.4, 0.5) is 4.39 Å². The summed E-state index contributed by atoms with van der Waals surface area (Å²) in [7, 11) is 1.69. The van der Waals surface area contributed by atoms with Gasteiger partial charge in [-0.25, -0.2) is 4.39 Å². The zero-order valence-electron chi connectivity index (χ0n) is 17.6. The van der Waals surface area contributed by atoms with Crippen LogP contribution in [-0.4, -0.2) is 43.2 Å². The molecule has 2 aromatic rings. The molecule has 5 heteroatoms. The van der Waals surface area contributed by atoms with Crippen LogP contribution in [0.3, 0.4) is 0 Å². The smallest absolute Gasteiger partial charge is 0.226 e. The highest BCUT2D eigenvalue weighted by atomic mass is 19.1. The van der Waals surface area contributed by atoms with Gasteiger partial charge in [-0.05, 0) is 73.4 Å². The first-order chi connectivity index (χ1) is 14.5. The molecule has 2 aromatic carbocycles. The third-order valence-corrected chi connectivity index (χ3v) is 6.55. The average molecular weight is 412 g/mol. The van der Waals surface area contributed by atoms with E-state index in [2.05, 4.69) is 12.1 Å². The lowest BCUT2D eigenvalue weighted by Gasteiger charge is -2.46. The fourth-order valence-electron chi connectivity index (χ4n) is 4.84. The molecule has 2 saturated heterocycles. The summed E-state index contributed by atoms with van der Waals surface area (Å²) in [6, 6.07) is 14.6. The lowest BCUT2D eigenvalue weighted by Crippen LogP contribution is -2.51. The van der Waals surface area contributed by atoms with Gasteiger partial charge in [0.05, 0.1) is 19.1 Å². The van der Waals surface area contributed by atoms with Gasteiger partial charge in [0.25, 0.3) is 0 Å². The maximum absolute atomic E-state index is 13.4. The predicted molar refractivity (Wildman–Crippen MR) is 114 cm³/mol. The molecular weight excluding hydrogens is 381 g/mol. The van der Waals surface area contributed by atoms with Crippen LogP contribution in [-0.2, 0) is 22.4 Å². The fourth-order valence-corrected chi connectivity index (χ4v) is 4.84. The summed E-state index contributed by atoms with van der Waals surface area (Å²) >= 11 is 0. The molecule has 2 fully saturated rings. The molecule has 0 N–H and O–H groups in total. The van der Waals surface area contributed by atoms with E-state index in [1.54, 1.807) is 19.2 Å². The quantitative estimate of drug-likeness (QED) is 0.732. The molecule has 0 bridgehead atoms. The van der Waals surface area contributed by atoms with E-state index in [0.717, 1.165) is 50.0 Å². The topological polar surface area (TPSA) is 38.8 Å². The van der Waals surface area contributed by atoms with Gasteiger partial charge in [0.1, 0.15) is 11.6 Å². The normalized spacial score (nSPS) is 20.9. The number of amides is 1. The van der Waals surface area contributed by atoms with E-state index >= 15 is 0 Å². The Morgan fingerprint density at radius 1 is 1.17 bits per heavy atom. The number of carbonyl (C=O) groups is 1. The Kier molecular flexibility index (Phi) is 6.38. The van der Waals surface area contributed by atoms with Gasteiger partial charge in [-0.15, -0.1) is 0 Å². The highest BCUT2D eigenvalue weighted by Gasteiger charge is 2.41. The van der Waals surface area contributed by atoms with Crippen LogP contribution in [0.15, 0.2) is 48.5 Å². The number of rotatable bonds is 5. The summed E-state index contributed by atoms with van der Waals surface area (Å²) in [5, 5.41) is 0. The van der Waals surface area contributed by atoms with Crippen molar-refractivity contribution < 1.29 is 18.7 Å². The van der Waals surface area contributed by atoms with Crippen molar-refractivity contribution in [2.24, 2.45) is 5.92 Å². The Hall–Kier alpha value is -2.40. The van der Waals surface area contributed by atoms with Crippen LogP contribution in [0.25, 0.3) is 0 Å². The van der Waals surface area contributed by atoms with Crippen LogP contribution in [0.2, 0.25) is 0 Å². The monoisotopic (exact) mass is 411 g/mol. The molecule has 4 nitrogen and oxygen atoms in total. The highest BCUT2D eigenvalue weighted by Crippen LogP contribution is 2.39. The molecule has 1 atom stereocenters. The third kappa shape index (κ3) is 5.01. The molecule has 160 valence electrons. The highest BCUT2D eigenvalue weighted by molar-refractivity contribution is 5.78. The summed E-state index contributed by atoms with van der Waals surface area (Å²) in [5.41, 5.74) is 1.96. The van der Waals surface area contributed by atoms with Crippen LogP contribution in [0.5, 0.6) is 5.75 Å². The second-order valence-corrected chi connectivity index (χ2v) is 8.63. The van der Waals surface area contributed by atoms with Crippen molar-refractivity contribution in [3.8, 4) is 5.75 Å². The van der Waals surface area contributed by atoms with E-state index in [-0.39, 0.29) is 23.7 Å². The van der Waals surface area contributed by atoms with E-state index in [0.29, 0.717) is 19.0 Å². The molecule has 2 heterocycles. The average Bonchev–Trinajstić information content (AvgIpc) is 2.75. The second kappa shape index (κ2) is 9.17. The van der Waals surface area contributed by atoms with Crippen molar-refractivity contribution in [1.82, 2.24) is 4.90 Å². The van der Waals surface area contributed by atoms with Crippen LogP contribution in [0, 0.1) is 11.7 Å². The summed E-state index contributed by atoms with van der Waals surface area (Å²) in [6.45, 7) is 2.21. The van der Waals surface area contributed by atoms with Gasteiger partial charge in [-0.3, -0.25) is 4.79 Å². The van der Waals surface area contributed by atoms with Gasteiger partial charge in [-0.2, -0.15) is 0 Å². The van der Waals surface area contributed by atoms with E-state index in [1.807, 2.05) is 17.0 Å². The van der Waals surface area contributed by atoms with Gasteiger partial charge in [0, 0.05) is 19.7 Å². The summed E-state index contributed by atoms with van der Waals surface area (Å²) < 4.78 is 24.9. The first-order valence-electron chi connectivity index (χ1n) is 10.8. The molecule has 1 amide bonds. The zero-order valence-corrected chi connectivity index (χ0v) is 17.6. The number of halogens is 1. The molecule has 0 aliphatic carbocycles. The number of carbonyl (C=O) groups excluding carboxylic acids is 1. The summed E-state index contributed by atoms with van der Waals surface area (Å²) in [4.78, 5) is 14.6. The zero-order chi connectivity index (χ0) is 21.0. The molecule has 0 radical (unpaired) electrons. The number of ether oxygens (including phenoxy) is 2. The SMILES string of the molecule is COc1ccc(C[C@H]2CCOC3(CCN(C(=O)Cc4cccc(F)c4)CC3)C2)cc1. The number of methoxy groups -OCH3 is 1. The number of hydrogen-bond donors (Lipinski definition) is 0. The Labute approximate surface area is 178 Å². The summed E-state index contributed by atoms with van der Waals surface area (Å²) in [6.07, 6.45) is 5.19. The van der Waals surface area contributed by atoms with Crippen molar-refractivity contribution >= 4 is 5.91 Å². The number of benzene rings is 2. The molecule has 4 rings (SSSR count). The molecule has 0 saturated carbocycles. The number of hydrogen-bond acceptors (Lipinski definition) is 3.